The number of halogens is 4. The van der Waals surface area contributed by atoms with E-state index in [1.54, 1.807) is 29.1 Å². The molecule has 2 unspecified atom stereocenters. The third kappa shape index (κ3) is 6.03. The summed E-state index contributed by atoms with van der Waals surface area (Å²) in [6.45, 7) is 3.08. The molecule has 1 saturated heterocycles. The van der Waals surface area contributed by atoms with Gasteiger partial charge in [-0.3, -0.25) is 14.3 Å². The van der Waals surface area contributed by atoms with E-state index in [-0.39, 0.29) is 62.7 Å². The summed E-state index contributed by atoms with van der Waals surface area (Å²) < 4.78 is 58.7. The maximum atomic E-state index is 14.0. The molecule has 0 bridgehead atoms. The van der Waals surface area contributed by atoms with Crippen molar-refractivity contribution in [2.24, 2.45) is 11.8 Å². The van der Waals surface area contributed by atoms with Crippen LogP contribution < -0.4 is 10.6 Å². The fraction of sp³-hybridized carbons (Fsp3) is 0.593. The highest BCUT2D eigenvalue weighted by atomic mass is 19.3. The Labute approximate surface area is 228 Å². The van der Waals surface area contributed by atoms with E-state index in [1.165, 1.54) is 10.7 Å². The predicted octanol–water partition coefficient (Wildman–Crippen LogP) is 3.99. The fourth-order valence-corrected chi connectivity index (χ4v) is 5.72. The minimum absolute atomic E-state index is 0.00594. The molecule has 0 spiro atoms. The molecule has 4 heterocycles. The van der Waals surface area contributed by atoms with E-state index in [1.807, 2.05) is 6.92 Å². The first-order chi connectivity index (χ1) is 18.9. The van der Waals surface area contributed by atoms with Crippen LogP contribution in [0, 0.1) is 11.8 Å². The molecule has 40 heavy (non-hydrogen) atoms. The fourth-order valence-electron chi connectivity index (χ4n) is 5.72. The minimum Gasteiger partial charge on any atom is -0.342 e. The van der Waals surface area contributed by atoms with Crippen molar-refractivity contribution in [3.63, 3.8) is 0 Å². The van der Waals surface area contributed by atoms with Crippen LogP contribution in [0.1, 0.15) is 73.9 Å². The molecule has 5 rings (SSSR count). The van der Waals surface area contributed by atoms with E-state index < -0.39 is 29.8 Å². The van der Waals surface area contributed by atoms with Crippen molar-refractivity contribution >= 4 is 17.3 Å². The summed E-state index contributed by atoms with van der Waals surface area (Å²) in [5, 5.41) is 14.3. The molecule has 9 nitrogen and oxygen atoms in total. The highest BCUT2D eigenvalue weighted by molar-refractivity contribution is 5.92. The molecule has 2 aliphatic rings. The van der Waals surface area contributed by atoms with E-state index in [0.717, 1.165) is 6.92 Å². The lowest BCUT2D eigenvalue weighted by atomic mass is 9.81. The van der Waals surface area contributed by atoms with Crippen molar-refractivity contribution < 1.29 is 27.2 Å². The summed E-state index contributed by atoms with van der Waals surface area (Å²) in [6, 6.07) is 3.30. The molecule has 1 aliphatic heterocycles. The van der Waals surface area contributed by atoms with Crippen molar-refractivity contribution in [2.75, 3.05) is 6.54 Å². The number of Topliss-reactive ketones (excluding diaryl/α,β-unsaturated/α-hetero) is 1. The third-order valence-electron chi connectivity index (χ3n) is 8.05. The van der Waals surface area contributed by atoms with E-state index >= 15 is 0 Å². The quantitative estimate of drug-likeness (QED) is 0.402. The number of hydrogen-bond donors (Lipinski definition) is 2. The largest absolute Gasteiger partial charge is 0.342 e. The van der Waals surface area contributed by atoms with Crippen LogP contribution in [-0.2, 0) is 17.8 Å². The van der Waals surface area contributed by atoms with Gasteiger partial charge in [-0.25, -0.2) is 27.1 Å². The number of hydrogen-bond acceptors (Lipinski definition) is 6. The zero-order valence-electron chi connectivity index (χ0n) is 22.4. The van der Waals surface area contributed by atoms with Gasteiger partial charge >= 0.3 is 0 Å². The number of nitrogens with one attached hydrogen (secondary N) is 2. The maximum absolute atomic E-state index is 14.0. The molecule has 1 saturated carbocycles. The number of rotatable bonds is 8. The maximum Gasteiger partial charge on any atom is 0.270 e. The van der Waals surface area contributed by atoms with Gasteiger partial charge in [0, 0.05) is 44.8 Å². The van der Waals surface area contributed by atoms with E-state index in [2.05, 4.69) is 25.8 Å². The Balaban J connectivity index is 1.39. The van der Waals surface area contributed by atoms with Crippen LogP contribution >= 0.6 is 0 Å². The predicted molar refractivity (Wildman–Crippen MR) is 137 cm³/mol. The van der Waals surface area contributed by atoms with Gasteiger partial charge in [-0.1, -0.05) is 0 Å². The van der Waals surface area contributed by atoms with Crippen LogP contribution in [0.2, 0.25) is 0 Å². The number of imidazole rings is 1. The molecule has 2 fully saturated rings. The molecule has 3 aromatic rings. The summed E-state index contributed by atoms with van der Waals surface area (Å²) in [5.74, 6) is -7.05. The summed E-state index contributed by atoms with van der Waals surface area (Å²) in [4.78, 5) is 30.3. The van der Waals surface area contributed by atoms with Gasteiger partial charge < -0.3 is 10.6 Å². The number of amides is 1. The first kappa shape index (κ1) is 28.2. The number of piperidine rings is 1. The van der Waals surface area contributed by atoms with Gasteiger partial charge in [0.1, 0.15) is 11.5 Å². The average Bonchev–Trinajstić information content (AvgIpc) is 3.55. The second-order valence-electron chi connectivity index (χ2n) is 11.0. The molecular weight excluding hydrogens is 530 g/mol. The molecule has 1 aliphatic carbocycles. The third-order valence-corrected chi connectivity index (χ3v) is 8.05. The highest BCUT2D eigenvalue weighted by Crippen LogP contribution is 2.41. The first-order valence-corrected chi connectivity index (χ1v) is 13.6. The van der Waals surface area contributed by atoms with Crippen LogP contribution in [0.5, 0.6) is 0 Å². The van der Waals surface area contributed by atoms with Crippen LogP contribution in [0.4, 0.5) is 17.6 Å². The SMILES string of the molecule is CCn1nccc1C(=O)N[C@H](c1cn2nc(CC3CC(C(C)(F)F)NCC3=O)ccc2n1)C1CCC(F)(F)CC1. The number of ketones is 1. The van der Waals surface area contributed by atoms with Crippen molar-refractivity contribution in [1.82, 2.24) is 35.0 Å². The molecule has 2 N–H and O–H groups in total. The molecule has 0 radical (unpaired) electrons. The zero-order valence-corrected chi connectivity index (χ0v) is 22.4. The van der Waals surface area contributed by atoms with Gasteiger partial charge in [-0.15, -0.1) is 0 Å². The van der Waals surface area contributed by atoms with Gasteiger partial charge in [-0.2, -0.15) is 10.2 Å². The number of carbonyl (C=O) groups excluding carboxylic acids is 2. The number of carbonyl (C=O) groups is 2. The number of aryl methyl sites for hydroxylation is 1. The van der Waals surface area contributed by atoms with Crippen LogP contribution in [0.15, 0.2) is 30.6 Å². The van der Waals surface area contributed by atoms with Crippen molar-refractivity contribution in [3.05, 3.63) is 47.7 Å². The summed E-state index contributed by atoms with van der Waals surface area (Å²) in [6.07, 6.45) is 3.30. The Bertz CT molecular complexity index is 1370. The summed E-state index contributed by atoms with van der Waals surface area (Å²) in [7, 11) is 0. The smallest absolute Gasteiger partial charge is 0.270 e. The molecular formula is C27H33F4N7O2. The molecule has 13 heteroatoms. The normalized spacial score (nSPS) is 22.9. The Morgan fingerprint density at radius 1 is 1.25 bits per heavy atom. The molecule has 1 amide bonds. The molecule has 216 valence electrons. The lowest BCUT2D eigenvalue weighted by Gasteiger charge is -2.33. The number of fused-ring (bicyclic) bond motifs is 1. The monoisotopic (exact) mass is 563 g/mol. The lowest BCUT2D eigenvalue weighted by Crippen LogP contribution is -2.52. The number of aromatic nitrogens is 5. The van der Waals surface area contributed by atoms with Gasteiger partial charge in [0.05, 0.1) is 36.2 Å². The summed E-state index contributed by atoms with van der Waals surface area (Å²) in [5.41, 5.74) is 1.87. The first-order valence-electron chi connectivity index (χ1n) is 13.6. The second-order valence-corrected chi connectivity index (χ2v) is 11.0. The van der Waals surface area contributed by atoms with Crippen LogP contribution in [0.25, 0.3) is 5.65 Å². The Kier molecular flexibility index (Phi) is 7.68. The topological polar surface area (TPSA) is 106 Å². The van der Waals surface area contributed by atoms with E-state index in [0.29, 0.717) is 29.3 Å². The van der Waals surface area contributed by atoms with Crippen LogP contribution in [-0.4, -0.2) is 60.5 Å². The molecule has 0 aromatic carbocycles. The van der Waals surface area contributed by atoms with Gasteiger partial charge in [-0.05, 0) is 50.3 Å². The van der Waals surface area contributed by atoms with E-state index in [4.69, 9.17) is 0 Å². The van der Waals surface area contributed by atoms with E-state index in [9.17, 15) is 27.2 Å². The molecule has 3 aromatic heterocycles. The van der Waals surface area contributed by atoms with Gasteiger partial charge in [0.15, 0.2) is 5.65 Å². The van der Waals surface area contributed by atoms with Crippen LogP contribution in [0.3, 0.4) is 0 Å². The van der Waals surface area contributed by atoms with Gasteiger partial charge in [0.25, 0.3) is 11.8 Å². The average molecular weight is 564 g/mol. The zero-order chi connectivity index (χ0) is 28.7. The minimum atomic E-state index is -2.95. The number of nitrogens with zero attached hydrogens (tertiary/aromatic N) is 5. The van der Waals surface area contributed by atoms with Crippen molar-refractivity contribution in [2.45, 2.75) is 82.8 Å². The number of alkyl halides is 4. The molecule has 3 atom stereocenters. The standard InChI is InChI=1S/C27H33F4N7O2/c1-3-37-20(8-11-33-37)25(40)35-24(16-6-9-27(30,31)10-7-16)19-15-38-23(34-19)5-4-18(36-38)12-17-13-22(26(2,28)29)32-14-21(17)39/h4-5,8,11,15-17,22,24,32H,3,6-7,9-10,12-14H2,1-2H3,(H,35,40)/t17?,22?,24-/m0/s1. The Morgan fingerprint density at radius 2 is 2.00 bits per heavy atom. The Hall–Kier alpha value is -3.35. The lowest BCUT2D eigenvalue weighted by molar-refractivity contribution is -0.127. The van der Waals surface area contributed by atoms with Crippen molar-refractivity contribution in [1.29, 1.82) is 0 Å². The second kappa shape index (κ2) is 10.9. The van der Waals surface area contributed by atoms with Gasteiger partial charge in [0.2, 0.25) is 5.92 Å². The summed E-state index contributed by atoms with van der Waals surface area (Å²) >= 11 is 0. The Morgan fingerprint density at radius 3 is 2.70 bits per heavy atom. The highest BCUT2D eigenvalue weighted by Gasteiger charge is 2.41. The van der Waals surface area contributed by atoms with Crippen molar-refractivity contribution in [3.8, 4) is 0 Å².